The smallest absolute Gasteiger partial charge is 0.241 e. The highest BCUT2D eigenvalue weighted by Crippen LogP contribution is 2.16. The molecule has 0 atom stereocenters. The number of hydrogen-bond acceptors (Lipinski definition) is 4. The number of carbonyl (C=O) groups excluding carboxylic acids is 1. The van der Waals surface area contributed by atoms with Crippen molar-refractivity contribution < 1.29 is 13.2 Å². The Bertz CT molecular complexity index is 565. The molecule has 0 radical (unpaired) electrons. The van der Waals surface area contributed by atoms with Crippen LogP contribution in [-0.4, -0.2) is 26.4 Å². The van der Waals surface area contributed by atoms with Gasteiger partial charge in [-0.2, -0.15) is 0 Å². The van der Waals surface area contributed by atoms with E-state index < -0.39 is 15.6 Å². The van der Waals surface area contributed by atoms with E-state index in [0.29, 0.717) is 12.1 Å². The summed E-state index contributed by atoms with van der Waals surface area (Å²) < 4.78 is 26.8. The fraction of sp³-hybridized carbons (Fsp3) is 0.462. The number of sulfonamides is 1. The van der Waals surface area contributed by atoms with E-state index in [1.807, 2.05) is 0 Å². The van der Waals surface area contributed by atoms with Crippen LogP contribution in [0.4, 0.5) is 5.69 Å². The van der Waals surface area contributed by atoms with Gasteiger partial charge in [0.05, 0.1) is 4.90 Å². The van der Waals surface area contributed by atoms with Gasteiger partial charge in [0.1, 0.15) is 0 Å². The van der Waals surface area contributed by atoms with Crippen molar-refractivity contribution in [3.05, 3.63) is 24.3 Å². The van der Waals surface area contributed by atoms with Crippen molar-refractivity contribution in [2.75, 3.05) is 11.9 Å². The average molecular weight is 299 g/mol. The van der Waals surface area contributed by atoms with Gasteiger partial charge in [0.25, 0.3) is 0 Å². The van der Waals surface area contributed by atoms with Gasteiger partial charge in [0.15, 0.2) is 0 Å². The lowest BCUT2D eigenvalue weighted by atomic mass is 10.1. The van der Waals surface area contributed by atoms with E-state index in [9.17, 15) is 13.2 Å². The van der Waals surface area contributed by atoms with Gasteiger partial charge in [0, 0.05) is 24.2 Å². The van der Waals surface area contributed by atoms with E-state index in [0.717, 1.165) is 0 Å². The highest BCUT2D eigenvalue weighted by atomic mass is 32.2. The van der Waals surface area contributed by atoms with Crippen LogP contribution in [0.1, 0.15) is 27.2 Å². The normalized spacial score (nSPS) is 12.2. The maximum Gasteiger partial charge on any atom is 0.241 e. The zero-order valence-corrected chi connectivity index (χ0v) is 12.8. The van der Waals surface area contributed by atoms with Crippen molar-refractivity contribution in [1.82, 2.24) is 4.72 Å². The lowest BCUT2D eigenvalue weighted by Crippen LogP contribution is -2.48. The largest absolute Gasteiger partial charge is 0.329 e. The Morgan fingerprint density at radius 1 is 1.25 bits per heavy atom. The minimum absolute atomic E-state index is 0.122. The molecule has 0 aliphatic rings. The maximum atomic E-state index is 12.1. The lowest BCUT2D eigenvalue weighted by Gasteiger charge is -2.23. The first-order valence-electron chi connectivity index (χ1n) is 6.34. The third kappa shape index (κ3) is 4.59. The quantitative estimate of drug-likeness (QED) is 0.730. The number of hydrogen-bond donors (Lipinski definition) is 3. The fourth-order valence-corrected chi connectivity index (χ4v) is 2.85. The van der Waals surface area contributed by atoms with Crippen molar-refractivity contribution in [3.8, 4) is 0 Å². The standard InChI is InChI=1S/C13H21N3O3S/c1-4-12(17)15-10-5-7-11(8-6-10)20(18,19)16-13(2,3)9-14/h5-8,16H,4,9,14H2,1-3H3,(H,15,17). The minimum atomic E-state index is -3.62. The van der Waals surface area contributed by atoms with E-state index in [1.54, 1.807) is 32.9 Å². The Morgan fingerprint density at radius 3 is 2.25 bits per heavy atom. The van der Waals surface area contributed by atoms with Gasteiger partial charge in [-0.25, -0.2) is 13.1 Å². The van der Waals surface area contributed by atoms with E-state index in [2.05, 4.69) is 10.0 Å². The first-order chi connectivity index (χ1) is 9.20. The first kappa shape index (κ1) is 16.6. The molecule has 1 aromatic rings. The highest BCUT2D eigenvalue weighted by Gasteiger charge is 2.24. The Kier molecular flexibility index (Phi) is 5.27. The highest BCUT2D eigenvalue weighted by molar-refractivity contribution is 7.89. The van der Waals surface area contributed by atoms with Crippen LogP contribution in [0.2, 0.25) is 0 Å². The molecule has 112 valence electrons. The molecule has 1 amide bonds. The molecule has 0 spiro atoms. The molecule has 0 heterocycles. The van der Waals surface area contributed by atoms with Crippen LogP contribution in [0.5, 0.6) is 0 Å². The van der Waals surface area contributed by atoms with Gasteiger partial charge >= 0.3 is 0 Å². The minimum Gasteiger partial charge on any atom is -0.329 e. The van der Waals surface area contributed by atoms with Crippen LogP contribution in [0, 0.1) is 0 Å². The van der Waals surface area contributed by atoms with Gasteiger partial charge in [-0.05, 0) is 38.1 Å². The molecule has 0 saturated carbocycles. The zero-order valence-electron chi connectivity index (χ0n) is 11.9. The van der Waals surface area contributed by atoms with Crippen LogP contribution in [0.3, 0.4) is 0 Å². The number of nitrogens with one attached hydrogen (secondary N) is 2. The summed E-state index contributed by atoms with van der Waals surface area (Å²) in [6.07, 6.45) is 0.367. The molecule has 6 nitrogen and oxygen atoms in total. The predicted molar refractivity (Wildman–Crippen MR) is 78.8 cm³/mol. The molecule has 20 heavy (non-hydrogen) atoms. The molecule has 0 saturated heterocycles. The van der Waals surface area contributed by atoms with E-state index >= 15 is 0 Å². The van der Waals surface area contributed by atoms with Gasteiger partial charge < -0.3 is 11.1 Å². The molecule has 1 rings (SSSR count). The molecule has 1 aromatic carbocycles. The van der Waals surface area contributed by atoms with Crippen molar-refractivity contribution in [3.63, 3.8) is 0 Å². The van der Waals surface area contributed by atoms with Crippen molar-refractivity contribution in [1.29, 1.82) is 0 Å². The lowest BCUT2D eigenvalue weighted by molar-refractivity contribution is -0.115. The van der Waals surface area contributed by atoms with Gasteiger partial charge in [-0.15, -0.1) is 0 Å². The van der Waals surface area contributed by atoms with Crippen LogP contribution in [0.25, 0.3) is 0 Å². The van der Waals surface area contributed by atoms with Crippen molar-refractivity contribution >= 4 is 21.6 Å². The summed E-state index contributed by atoms with van der Waals surface area (Å²) in [7, 11) is -3.62. The molecule has 0 bridgehead atoms. The van der Waals surface area contributed by atoms with E-state index in [1.165, 1.54) is 12.1 Å². The maximum absolute atomic E-state index is 12.1. The zero-order chi connectivity index (χ0) is 15.4. The first-order valence-corrected chi connectivity index (χ1v) is 7.82. The Hall–Kier alpha value is -1.44. The summed E-state index contributed by atoms with van der Waals surface area (Å²) in [4.78, 5) is 11.4. The predicted octanol–water partition coefficient (Wildman–Crippen LogP) is 1.05. The van der Waals surface area contributed by atoms with E-state index in [4.69, 9.17) is 5.73 Å². The van der Waals surface area contributed by atoms with Gasteiger partial charge in [-0.1, -0.05) is 6.92 Å². The molecule has 0 aromatic heterocycles. The topological polar surface area (TPSA) is 101 Å². The van der Waals surface area contributed by atoms with Crippen LogP contribution in [-0.2, 0) is 14.8 Å². The summed E-state index contributed by atoms with van der Waals surface area (Å²) in [5.41, 5.74) is 5.36. The molecular formula is C13H21N3O3S. The summed E-state index contributed by atoms with van der Waals surface area (Å²) in [5, 5.41) is 2.66. The van der Waals surface area contributed by atoms with E-state index in [-0.39, 0.29) is 17.3 Å². The monoisotopic (exact) mass is 299 g/mol. The number of amides is 1. The molecule has 0 fully saturated rings. The Morgan fingerprint density at radius 2 is 1.80 bits per heavy atom. The number of nitrogens with two attached hydrogens (primary N) is 1. The summed E-state index contributed by atoms with van der Waals surface area (Å²) in [5.74, 6) is -0.122. The summed E-state index contributed by atoms with van der Waals surface area (Å²) in [6, 6.07) is 6.00. The van der Waals surface area contributed by atoms with Crippen LogP contribution < -0.4 is 15.8 Å². The second-order valence-corrected chi connectivity index (χ2v) is 6.80. The molecule has 0 aliphatic heterocycles. The second kappa shape index (κ2) is 6.34. The SMILES string of the molecule is CCC(=O)Nc1ccc(S(=O)(=O)NC(C)(C)CN)cc1. The number of rotatable bonds is 6. The molecule has 0 unspecified atom stereocenters. The molecular weight excluding hydrogens is 278 g/mol. The second-order valence-electron chi connectivity index (χ2n) is 5.12. The molecule has 0 aliphatic carbocycles. The van der Waals surface area contributed by atoms with Gasteiger partial charge in [0.2, 0.25) is 15.9 Å². The summed E-state index contributed by atoms with van der Waals surface area (Å²) in [6.45, 7) is 5.35. The molecule has 4 N–H and O–H groups in total. The number of benzene rings is 1. The van der Waals surface area contributed by atoms with Crippen molar-refractivity contribution in [2.45, 2.75) is 37.6 Å². The van der Waals surface area contributed by atoms with Crippen LogP contribution >= 0.6 is 0 Å². The third-order valence-corrected chi connectivity index (χ3v) is 4.40. The number of anilines is 1. The van der Waals surface area contributed by atoms with Gasteiger partial charge in [-0.3, -0.25) is 4.79 Å². The Balaban J connectivity index is 2.90. The average Bonchev–Trinajstić information content (AvgIpc) is 2.38. The van der Waals surface area contributed by atoms with Crippen molar-refractivity contribution in [2.24, 2.45) is 5.73 Å². The van der Waals surface area contributed by atoms with Crippen LogP contribution in [0.15, 0.2) is 29.2 Å². The third-order valence-electron chi connectivity index (χ3n) is 2.69. The number of carbonyl (C=O) groups is 1. The fourth-order valence-electron chi connectivity index (χ4n) is 1.43. The molecule has 7 heteroatoms. The Labute approximate surface area is 119 Å². The summed E-state index contributed by atoms with van der Waals surface area (Å²) >= 11 is 0.